The Morgan fingerprint density at radius 3 is 2.77 bits per heavy atom. The summed E-state index contributed by atoms with van der Waals surface area (Å²) < 4.78 is 7.96. The van der Waals surface area contributed by atoms with E-state index in [1.807, 2.05) is 36.7 Å². The van der Waals surface area contributed by atoms with Gasteiger partial charge in [-0.3, -0.25) is 23.7 Å². The summed E-state index contributed by atoms with van der Waals surface area (Å²) in [6.07, 6.45) is 3.47. The van der Waals surface area contributed by atoms with Gasteiger partial charge in [-0.05, 0) is 25.5 Å². The van der Waals surface area contributed by atoms with Crippen molar-refractivity contribution in [1.29, 1.82) is 0 Å². The minimum atomic E-state index is -0.797. The van der Waals surface area contributed by atoms with Gasteiger partial charge in [-0.25, -0.2) is 9.78 Å². The number of methoxy groups -OCH3 is 1. The zero-order valence-electron chi connectivity index (χ0n) is 17.0. The average molecular weight is 430 g/mol. The lowest BCUT2D eigenvalue weighted by molar-refractivity contribution is 0.102. The molecule has 2 aromatic heterocycles. The molecule has 9 nitrogen and oxygen atoms in total. The quantitative estimate of drug-likeness (QED) is 0.411. The summed E-state index contributed by atoms with van der Waals surface area (Å²) >= 11 is 1.19. The van der Waals surface area contributed by atoms with Crippen LogP contribution in [0.15, 0.2) is 45.3 Å². The van der Waals surface area contributed by atoms with Gasteiger partial charge in [-0.15, -0.1) is 0 Å². The fourth-order valence-corrected chi connectivity index (χ4v) is 3.96. The number of carbonyl (C=O) groups excluding carboxylic acids is 1. The van der Waals surface area contributed by atoms with Gasteiger partial charge in [0.2, 0.25) is 0 Å². The Hall–Kier alpha value is -3.11. The number of nitrogens with one attached hydrogen (secondary N) is 1. The summed E-state index contributed by atoms with van der Waals surface area (Å²) in [7, 11) is 1.48. The first-order valence-corrected chi connectivity index (χ1v) is 10.2. The zero-order chi connectivity index (χ0) is 21.8. The summed E-state index contributed by atoms with van der Waals surface area (Å²) in [5, 5.41) is 0.609. The smallest absolute Gasteiger partial charge is 0.330 e. The summed E-state index contributed by atoms with van der Waals surface area (Å²) in [4.78, 5) is 43.5. The molecule has 0 amide bonds. The Morgan fingerprint density at radius 2 is 2.07 bits per heavy atom. The summed E-state index contributed by atoms with van der Waals surface area (Å²) in [5.41, 5.74) is 7.44. The predicted molar refractivity (Wildman–Crippen MR) is 116 cm³/mol. The molecule has 2 heterocycles. The summed E-state index contributed by atoms with van der Waals surface area (Å²) in [6, 6.07) is 6.07. The third kappa shape index (κ3) is 4.39. The molecule has 0 aliphatic rings. The third-order valence-corrected chi connectivity index (χ3v) is 5.56. The maximum absolute atomic E-state index is 12.8. The first-order chi connectivity index (χ1) is 14.3. The Morgan fingerprint density at radius 1 is 1.30 bits per heavy atom. The molecule has 0 aliphatic heterocycles. The van der Waals surface area contributed by atoms with E-state index < -0.39 is 17.0 Å². The van der Waals surface area contributed by atoms with Crippen molar-refractivity contribution < 1.29 is 9.53 Å². The Balaban J connectivity index is 1.85. The monoisotopic (exact) mass is 429 g/mol. The molecule has 0 saturated carbocycles. The maximum Gasteiger partial charge on any atom is 0.330 e. The number of carbonyl (C=O) groups is 1. The average Bonchev–Trinajstić information content (AvgIpc) is 3.14. The van der Waals surface area contributed by atoms with Crippen molar-refractivity contribution in [3.8, 4) is 5.69 Å². The fourth-order valence-electron chi connectivity index (χ4n) is 3.12. The van der Waals surface area contributed by atoms with Crippen molar-refractivity contribution >= 4 is 23.4 Å². The number of aryl methyl sites for hydroxylation is 2. The molecule has 0 radical (unpaired) electrons. The molecule has 0 saturated heterocycles. The van der Waals surface area contributed by atoms with Crippen LogP contribution in [0.4, 0.5) is 5.82 Å². The van der Waals surface area contributed by atoms with E-state index in [1.54, 1.807) is 6.20 Å². The minimum Gasteiger partial charge on any atom is -0.384 e. The number of hydrogen-bond donors (Lipinski definition) is 2. The number of benzene rings is 1. The van der Waals surface area contributed by atoms with Crippen molar-refractivity contribution in [3.63, 3.8) is 0 Å². The Labute approximate surface area is 176 Å². The number of ketones is 1. The van der Waals surface area contributed by atoms with E-state index in [1.165, 1.54) is 18.9 Å². The fraction of sp³-hybridized carbons (Fsp3) is 0.300. The Bertz CT molecular complexity index is 1190. The number of hydrogen-bond acceptors (Lipinski definition) is 7. The highest BCUT2D eigenvalue weighted by molar-refractivity contribution is 7.99. The van der Waals surface area contributed by atoms with Crippen LogP contribution in [0.2, 0.25) is 0 Å². The second kappa shape index (κ2) is 9.14. The molecule has 3 N–H and O–H groups in total. The number of imidazole rings is 1. The van der Waals surface area contributed by atoms with Crippen LogP contribution >= 0.6 is 11.8 Å². The molecule has 3 rings (SSSR count). The molecule has 0 spiro atoms. The van der Waals surface area contributed by atoms with Crippen LogP contribution in [0.1, 0.15) is 21.5 Å². The molecular formula is C20H23N5O4S. The first kappa shape index (κ1) is 21.6. The number of nitrogens with two attached hydrogens (primary N) is 1. The number of rotatable bonds is 8. The van der Waals surface area contributed by atoms with Crippen LogP contribution in [0.5, 0.6) is 0 Å². The number of thioether (sulfide) groups is 1. The predicted octanol–water partition coefficient (Wildman–Crippen LogP) is 1.54. The lowest BCUT2D eigenvalue weighted by Gasteiger charge is -2.12. The van der Waals surface area contributed by atoms with Gasteiger partial charge < -0.3 is 10.5 Å². The second-order valence-electron chi connectivity index (χ2n) is 6.75. The molecule has 1 aromatic carbocycles. The van der Waals surface area contributed by atoms with Gasteiger partial charge in [0.1, 0.15) is 11.4 Å². The molecule has 0 unspecified atom stereocenters. The van der Waals surface area contributed by atoms with Crippen LogP contribution in [0, 0.1) is 13.8 Å². The van der Waals surface area contributed by atoms with E-state index in [4.69, 9.17) is 10.5 Å². The highest BCUT2D eigenvalue weighted by Crippen LogP contribution is 2.24. The standard InChI is InChI=1S/C20H23N5O4S/c1-12-4-5-14(13(2)10-12)24-7-6-22-20(24)30-11-15(26)16-17(21)25(8-9-29-3)19(28)23-18(16)27/h4-7,10H,8-9,11,21H2,1-3H3,(H,23,27,28). The number of ether oxygens (including phenoxy) is 1. The lowest BCUT2D eigenvalue weighted by Crippen LogP contribution is -2.37. The number of Topliss-reactive ketones (excluding diaryl/α,β-unsaturated/α-hetero) is 1. The Kier molecular flexibility index (Phi) is 6.58. The van der Waals surface area contributed by atoms with E-state index in [2.05, 4.69) is 16.0 Å². The normalized spacial score (nSPS) is 11.0. The molecule has 158 valence electrons. The number of H-pyrrole nitrogens is 1. The van der Waals surface area contributed by atoms with Gasteiger partial charge in [-0.1, -0.05) is 29.5 Å². The zero-order valence-corrected chi connectivity index (χ0v) is 17.8. The summed E-state index contributed by atoms with van der Waals surface area (Å²) in [6.45, 7) is 4.37. The number of nitrogen functional groups attached to an aromatic ring is 1. The number of aromatic amines is 1. The van der Waals surface area contributed by atoms with Crippen LogP contribution in [-0.4, -0.2) is 44.4 Å². The molecule has 3 aromatic rings. The van der Waals surface area contributed by atoms with Crippen molar-refractivity contribution in [3.05, 3.63) is 68.1 Å². The first-order valence-electron chi connectivity index (χ1n) is 9.22. The van der Waals surface area contributed by atoms with Gasteiger partial charge in [0, 0.05) is 19.5 Å². The van der Waals surface area contributed by atoms with Gasteiger partial charge in [0.15, 0.2) is 10.9 Å². The number of nitrogens with zero attached hydrogens (tertiary/aromatic N) is 3. The van der Waals surface area contributed by atoms with Crippen molar-refractivity contribution in [2.45, 2.75) is 25.5 Å². The van der Waals surface area contributed by atoms with Gasteiger partial charge in [0.05, 0.1) is 24.6 Å². The summed E-state index contributed by atoms with van der Waals surface area (Å²) in [5.74, 6) is -0.707. The van der Waals surface area contributed by atoms with Crippen molar-refractivity contribution in [1.82, 2.24) is 19.1 Å². The van der Waals surface area contributed by atoms with Crippen LogP contribution in [0.3, 0.4) is 0 Å². The molecule has 0 fully saturated rings. The second-order valence-corrected chi connectivity index (χ2v) is 7.69. The van der Waals surface area contributed by atoms with E-state index in [0.29, 0.717) is 5.16 Å². The molecule has 30 heavy (non-hydrogen) atoms. The number of anilines is 1. The van der Waals surface area contributed by atoms with Gasteiger partial charge in [0.25, 0.3) is 5.56 Å². The van der Waals surface area contributed by atoms with Crippen LogP contribution in [-0.2, 0) is 11.3 Å². The highest BCUT2D eigenvalue weighted by Gasteiger charge is 2.20. The number of aromatic nitrogens is 4. The lowest BCUT2D eigenvalue weighted by atomic mass is 10.1. The molecule has 0 bridgehead atoms. The van der Waals surface area contributed by atoms with E-state index in [-0.39, 0.29) is 30.3 Å². The molecule has 0 atom stereocenters. The largest absolute Gasteiger partial charge is 0.384 e. The minimum absolute atomic E-state index is 0.0579. The van der Waals surface area contributed by atoms with Crippen molar-refractivity contribution in [2.75, 3.05) is 25.2 Å². The topological polar surface area (TPSA) is 125 Å². The van der Waals surface area contributed by atoms with Crippen molar-refractivity contribution in [2.24, 2.45) is 0 Å². The van der Waals surface area contributed by atoms with E-state index in [0.717, 1.165) is 21.4 Å². The van der Waals surface area contributed by atoms with Crippen LogP contribution < -0.4 is 17.0 Å². The third-order valence-electron chi connectivity index (χ3n) is 4.59. The molecular weight excluding hydrogens is 406 g/mol. The van der Waals surface area contributed by atoms with Crippen LogP contribution in [0.25, 0.3) is 5.69 Å². The van der Waals surface area contributed by atoms with Gasteiger partial charge >= 0.3 is 5.69 Å². The van der Waals surface area contributed by atoms with Gasteiger partial charge in [-0.2, -0.15) is 0 Å². The maximum atomic E-state index is 12.8. The molecule has 0 aliphatic carbocycles. The molecule has 10 heteroatoms. The highest BCUT2D eigenvalue weighted by atomic mass is 32.2. The van der Waals surface area contributed by atoms with E-state index >= 15 is 0 Å². The van der Waals surface area contributed by atoms with E-state index in [9.17, 15) is 14.4 Å². The SMILES string of the molecule is COCCn1c(N)c(C(=O)CSc2nccn2-c2ccc(C)cc2C)c(=O)[nH]c1=O.